The summed E-state index contributed by atoms with van der Waals surface area (Å²) in [4.78, 5) is 0. The van der Waals surface area contributed by atoms with Crippen LogP contribution in [0.3, 0.4) is 0 Å². The summed E-state index contributed by atoms with van der Waals surface area (Å²) in [6.07, 6.45) is 4.01. The summed E-state index contributed by atoms with van der Waals surface area (Å²) in [5.74, 6) is 1.15. The van der Waals surface area contributed by atoms with Crippen LogP contribution in [0.4, 0.5) is 0 Å². The zero-order chi connectivity index (χ0) is 7.40. The second kappa shape index (κ2) is 4.01. The molecule has 0 aromatic rings. The van der Waals surface area contributed by atoms with Gasteiger partial charge in [-0.25, -0.2) is 0 Å². The molecule has 1 saturated heterocycles. The highest BCUT2D eigenvalue weighted by atomic mass is 32.2. The third-order valence-electron chi connectivity index (χ3n) is 1.50. The van der Waals surface area contributed by atoms with Crippen molar-refractivity contribution < 1.29 is 9.29 Å². The van der Waals surface area contributed by atoms with E-state index in [1.807, 2.05) is 6.08 Å². The van der Waals surface area contributed by atoms with Crippen LogP contribution < -0.4 is 0 Å². The molecule has 0 N–H and O–H groups in total. The van der Waals surface area contributed by atoms with E-state index in [2.05, 4.69) is 6.58 Å². The molecular weight excluding hydrogens is 148 g/mol. The van der Waals surface area contributed by atoms with Gasteiger partial charge in [0, 0.05) is 0 Å². The Labute approximate surface area is 64.4 Å². The predicted octanol–water partition coefficient (Wildman–Crippen LogP) is 1.06. The minimum atomic E-state index is -0.713. The molecule has 3 heteroatoms. The first-order valence-electron chi connectivity index (χ1n) is 3.40. The molecule has 2 unspecified atom stereocenters. The molecule has 0 amide bonds. The van der Waals surface area contributed by atoms with Gasteiger partial charge < -0.3 is 9.29 Å². The first kappa shape index (κ1) is 8.11. The summed E-state index contributed by atoms with van der Waals surface area (Å²) in [6, 6.07) is 0. The molecule has 1 fully saturated rings. The molecular formula is C7H12O2S. The second-order valence-electron chi connectivity index (χ2n) is 2.38. The first-order chi connectivity index (χ1) is 4.83. The van der Waals surface area contributed by atoms with E-state index in [0.29, 0.717) is 11.7 Å². The zero-order valence-corrected chi connectivity index (χ0v) is 6.73. The number of hydrogen-bond acceptors (Lipinski definition) is 2. The molecule has 0 bridgehead atoms. The molecule has 1 rings (SSSR count). The maximum atomic E-state index is 10.8. The van der Waals surface area contributed by atoms with Gasteiger partial charge in [0.05, 0.1) is 0 Å². The van der Waals surface area contributed by atoms with E-state index in [-0.39, 0.29) is 6.10 Å². The molecule has 0 aromatic carbocycles. The van der Waals surface area contributed by atoms with Crippen LogP contribution >= 0.6 is 0 Å². The van der Waals surface area contributed by atoms with Gasteiger partial charge in [0.1, 0.15) is 11.9 Å². The van der Waals surface area contributed by atoms with Gasteiger partial charge in [0.15, 0.2) is 0 Å². The SMILES string of the molecule is C=CCCC1C[S+]([O-])CO1. The molecule has 2 nitrogen and oxygen atoms in total. The van der Waals surface area contributed by atoms with Crippen LogP contribution in [0.25, 0.3) is 0 Å². The van der Waals surface area contributed by atoms with Gasteiger partial charge in [-0.05, 0) is 24.0 Å². The van der Waals surface area contributed by atoms with Gasteiger partial charge in [-0.1, -0.05) is 6.08 Å². The van der Waals surface area contributed by atoms with Crippen LogP contribution in [-0.2, 0) is 15.9 Å². The van der Waals surface area contributed by atoms with Crippen LogP contribution in [-0.4, -0.2) is 22.3 Å². The van der Waals surface area contributed by atoms with E-state index in [4.69, 9.17) is 4.74 Å². The van der Waals surface area contributed by atoms with Gasteiger partial charge in [0.2, 0.25) is 5.94 Å². The molecule has 0 aromatic heterocycles. The van der Waals surface area contributed by atoms with E-state index < -0.39 is 11.2 Å². The van der Waals surface area contributed by atoms with E-state index in [1.54, 1.807) is 0 Å². The number of allylic oxidation sites excluding steroid dienone is 1. The Hall–Kier alpha value is 0.01000. The topological polar surface area (TPSA) is 32.3 Å². The normalized spacial score (nSPS) is 32.5. The molecule has 0 radical (unpaired) electrons. The van der Waals surface area contributed by atoms with Crippen molar-refractivity contribution in [3.63, 3.8) is 0 Å². The molecule has 0 saturated carbocycles. The summed E-state index contributed by atoms with van der Waals surface area (Å²) in [5, 5.41) is 0. The highest BCUT2D eigenvalue weighted by molar-refractivity contribution is 7.91. The van der Waals surface area contributed by atoms with Crippen molar-refractivity contribution in [2.45, 2.75) is 18.9 Å². The Morgan fingerprint density at radius 1 is 1.80 bits per heavy atom. The third-order valence-corrected chi connectivity index (χ3v) is 2.64. The average Bonchev–Trinajstić information content (AvgIpc) is 2.31. The van der Waals surface area contributed by atoms with E-state index in [1.165, 1.54) is 0 Å². The fourth-order valence-electron chi connectivity index (χ4n) is 0.946. The Bertz CT molecular complexity index is 116. The minimum Gasteiger partial charge on any atom is -0.614 e. The number of hydrogen-bond donors (Lipinski definition) is 0. The minimum absolute atomic E-state index is 0.221. The molecule has 2 atom stereocenters. The monoisotopic (exact) mass is 160 g/mol. The lowest BCUT2D eigenvalue weighted by Gasteiger charge is -2.01. The van der Waals surface area contributed by atoms with Crippen molar-refractivity contribution in [3.8, 4) is 0 Å². The lowest BCUT2D eigenvalue weighted by Crippen LogP contribution is -2.10. The standard InChI is InChI=1S/C7H12O2S/c1-2-3-4-7-5-10(8)6-9-7/h2,7H,1,3-6H2. The van der Waals surface area contributed by atoms with Crippen LogP contribution in [0.15, 0.2) is 12.7 Å². The van der Waals surface area contributed by atoms with Crippen molar-refractivity contribution >= 4 is 11.2 Å². The summed E-state index contributed by atoms with van der Waals surface area (Å²) in [5.41, 5.74) is 0. The molecule has 1 heterocycles. The van der Waals surface area contributed by atoms with Crippen LogP contribution in [0.1, 0.15) is 12.8 Å². The van der Waals surface area contributed by atoms with Gasteiger partial charge in [-0.3, -0.25) is 0 Å². The van der Waals surface area contributed by atoms with E-state index in [0.717, 1.165) is 12.8 Å². The molecule has 1 aliphatic rings. The maximum Gasteiger partial charge on any atom is 0.206 e. The van der Waals surface area contributed by atoms with E-state index >= 15 is 0 Å². The Kier molecular flexibility index (Phi) is 3.25. The van der Waals surface area contributed by atoms with Crippen molar-refractivity contribution in [1.29, 1.82) is 0 Å². The summed E-state index contributed by atoms with van der Waals surface area (Å²) >= 11 is -0.713. The molecule has 1 aliphatic heterocycles. The number of rotatable bonds is 3. The van der Waals surface area contributed by atoms with Crippen LogP contribution in [0, 0.1) is 0 Å². The number of ether oxygens (including phenoxy) is 1. The third kappa shape index (κ3) is 2.33. The molecule has 10 heavy (non-hydrogen) atoms. The Morgan fingerprint density at radius 2 is 2.60 bits per heavy atom. The molecule has 58 valence electrons. The van der Waals surface area contributed by atoms with Crippen molar-refractivity contribution in [1.82, 2.24) is 0 Å². The quantitative estimate of drug-likeness (QED) is 0.456. The van der Waals surface area contributed by atoms with Gasteiger partial charge in [-0.2, -0.15) is 0 Å². The van der Waals surface area contributed by atoms with Gasteiger partial charge in [-0.15, -0.1) is 6.58 Å². The lowest BCUT2D eigenvalue weighted by atomic mass is 10.2. The fraction of sp³-hybridized carbons (Fsp3) is 0.714. The van der Waals surface area contributed by atoms with Crippen molar-refractivity contribution in [2.24, 2.45) is 0 Å². The highest BCUT2D eigenvalue weighted by Gasteiger charge is 2.25. The zero-order valence-electron chi connectivity index (χ0n) is 5.91. The summed E-state index contributed by atoms with van der Waals surface area (Å²) in [7, 11) is 0. The van der Waals surface area contributed by atoms with Crippen molar-refractivity contribution in [2.75, 3.05) is 11.7 Å². The maximum absolute atomic E-state index is 10.8. The highest BCUT2D eigenvalue weighted by Crippen LogP contribution is 2.14. The largest absolute Gasteiger partial charge is 0.614 e. The fourth-order valence-corrected chi connectivity index (χ4v) is 2.06. The summed E-state index contributed by atoms with van der Waals surface area (Å²) < 4.78 is 16.0. The Balaban J connectivity index is 2.12. The van der Waals surface area contributed by atoms with Crippen molar-refractivity contribution in [3.05, 3.63) is 12.7 Å². The predicted molar refractivity (Wildman–Crippen MR) is 42.2 cm³/mol. The first-order valence-corrected chi connectivity index (χ1v) is 4.89. The lowest BCUT2D eigenvalue weighted by molar-refractivity contribution is 0.117. The van der Waals surface area contributed by atoms with Gasteiger partial charge >= 0.3 is 0 Å². The smallest absolute Gasteiger partial charge is 0.206 e. The van der Waals surface area contributed by atoms with Crippen LogP contribution in [0.2, 0.25) is 0 Å². The van der Waals surface area contributed by atoms with E-state index in [9.17, 15) is 4.55 Å². The molecule has 0 spiro atoms. The van der Waals surface area contributed by atoms with Gasteiger partial charge in [0.25, 0.3) is 0 Å². The summed E-state index contributed by atoms with van der Waals surface area (Å²) in [6.45, 7) is 3.61. The average molecular weight is 160 g/mol. The second-order valence-corrected chi connectivity index (χ2v) is 3.83. The van der Waals surface area contributed by atoms with Crippen LogP contribution in [0.5, 0.6) is 0 Å². The molecule has 0 aliphatic carbocycles. The Morgan fingerprint density at radius 3 is 3.10 bits per heavy atom.